The van der Waals surface area contributed by atoms with Crippen molar-refractivity contribution in [3.05, 3.63) is 23.8 Å². The number of benzene rings is 1. The highest BCUT2D eigenvalue weighted by atomic mass is 19.4. The Morgan fingerprint density at radius 3 is 2.11 bits per heavy atom. The summed E-state index contributed by atoms with van der Waals surface area (Å²) in [5.74, 6) is 0.407. The summed E-state index contributed by atoms with van der Waals surface area (Å²) in [6.45, 7) is 8.89. The lowest BCUT2D eigenvalue weighted by molar-refractivity contribution is -0.137. The molecule has 2 nitrogen and oxygen atoms in total. The number of hydrogen-bond acceptors (Lipinski definition) is 2. The van der Waals surface area contributed by atoms with Crippen LogP contribution in [-0.2, 0) is 6.18 Å². The second-order valence-corrected chi connectivity index (χ2v) is 5.41. The van der Waals surface area contributed by atoms with Crippen LogP contribution in [0.15, 0.2) is 18.2 Å². The minimum atomic E-state index is -4.35. The molecule has 0 saturated carbocycles. The van der Waals surface area contributed by atoms with Crippen LogP contribution in [-0.4, -0.2) is 12.6 Å². The molecule has 1 rings (SSSR count). The molecule has 0 aliphatic heterocycles. The van der Waals surface area contributed by atoms with E-state index in [4.69, 9.17) is 5.73 Å². The molecule has 5 heteroatoms. The molecule has 0 atom stereocenters. The van der Waals surface area contributed by atoms with Gasteiger partial charge in [0, 0.05) is 12.6 Å². The quantitative estimate of drug-likeness (QED) is 0.835. The summed E-state index contributed by atoms with van der Waals surface area (Å²) in [6, 6.07) is 3.73. The fourth-order valence-electron chi connectivity index (χ4n) is 1.97. The van der Waals surface area contributed by atoms with Crippen molar-refractivity contribution in [2.24, 2.45) is 5.92 Å². The van der Waals surface area contributed by atoms with Crippen LogP contribution in [0.2, 0.25) is 0 Å². The van der Waals surface area contributed by atoms with Crippen LogP contribution < -0.4 is 10.6 Å². The van der Waals surface area contributed by atoms with E-state index in [9.17, 15) is 13.2 Å². The third kappa shape index (κ3) is 4.04. The van der Waals surface area contributed by atoms with Gasteiger partial charge in [-0.1, -0.05) is 13.8 Å². The molecule has 0 aliphatic carbocycles. The average molecular weight is 274 g/mol. The lowest BCUT2D eigenvalue weighted by Crippen LogP contribution is -2.34. The number of anilines is 2. The highest BCUT2D eigenvalue weighted by molar-refractivity contribution is 5.69. The Bertz CT molecular complexity index is 425. The van der Waals surface area contributed by atoms with Gasteiger partial charge in [0.1, 0.15) is 0 Å². The zero-order valence-electron chi connectivity index (χ0n) is 11.8. The van der Waals surface area contributed by atoms with Gasteiger partial charge in [0.2, 0.25) is 0 Å². The van der Waals surface area contributed by atoms with Gasteiger partial charge in [0.05, 0.1) is 16.9 Å². The molecule has 0 amide bonds. The van der Waals surface area contributed by atoms with E-state index in [1.807, 2.05) is 18.7 Å². The molecule has 0 spiro atoms. The molecule has 1 aromatic carbocycles. The van der Waals surface area contributed by atoms with Gasteiger partial charge in [0.25, 0.3) is 0 Å². The number of nitrogen functional groups attached to an aromatic ring is 1. The fraction of sp³-hybridized carbons (Fsp3) is 0.571. The van der Waals surface area contributed by atoms with Gasteiger partial charge in [-0.3, -0.25) is 0 Å². The summed E-state index contributed by atoms with van der Waals surface area (Å²) in [6.07, 6.45) is -4.35. The van der Waals surface area contributed by atoms with Crippen molar-refractivity contribution < 1.29 is 13.2 Å². The number of alkyl halides is 3. The van der Waals surface area contributed by atoms with Crippen LogP contribution in [0, 0.1) is 5.92 Å². The molecule has 108 valence electrons. The van der Waals surface area contributed by atoms with Crippen LogP contribution >= 0.6 is 0 Å². The third-order valence-electron chi connectivity index (χ3n) is 2.85. The summed E-state index contributed by atoms with van der Waals surface area (Å²) in [4.78, 5) is 2.03. The van der Waals surface area contributed by atoms with E-state index in [0.29, 0.717) is 11.6 Å². The molecule has 2 N–H and O–H groups in total. The van der Waals surface area contributed by atoms with Crippen LogP contribution in [0.5, 0.6) is 0 Å². The van der Waals surface area contributed by atoms with Gasteiger partial charge in [-0.25, -0.2) is 0 Å². The number of halogens is 3. The number of hydrogen-bond donors (Lipinski definition) is 1. The molecule has 1 aromatic rings. The number of nitrogens with two attached hydrogens (primary N) is 1. The Balaban J connectivity index is 3.12. The Kier molecular flexibility index (Phi) is 4.71. The second kappa shape index (κ2) is 5.72. The molecule has 0 unspecified atom stereocenters. The standard InChI is InChI=1S/C14H21F3N2/c1-9(2)8-19(10(3)4)13-6-5-11(7-12(13)18)14(15,16)17/h5-7,9-10H,8,18H2,1-4H3. The minimum absolute atomic E-state index is 0.171. The second-order valence-electron chi connectivity index (χ2n) is 5.41. The summed E-state index contributed by atoms with van der Waals surface area (Å²) in [7, 11) is 0. The van der Waals surface area contributed by atoms with Crippen molar-refractivity contribution in [2.45, 2.75) is 39.9 Å². The topological polar surface area (TPSA) is 29.3 Å². The first-order valence-electron chi connectivity index (χ1n) is 6.36. The van der Waals surface area contributed by atoms with Crippen molar-refractivity contribution in [3.8, 4) is 0 Å². The number of rotatable bonds is 4. The largest absolute Gasteiger partial charge is 0.416 e. The normalized spacial score (nSPS) is 12.3. The molecule has 0 bridgehead atoms. The highest BCUT2D eigenvalue weighted by Gasteiger charge is 2.31. The average Bonchev–Trinajstić information content (AvgIpc) is 2.24. The van der Waals surface area contributed by atoms with Crippen LogP contribution in [0.3, 0.4) is 0 Å². The van der Waals surface area contributed by atoms with E-state index in [1.54, 1.807) is 0 Å². The summed E-state index contributed by atoms with van der Waals surface area (Å²) in [5.41, 5.74) is 5.92. The van der Waals surface area contributed by atoms with Crippen molar-refractivity contribution in [3.63, 3.8) is 0 Å². The summed E-state index contributed by atoms with van der Waals surface area (Å²) in [5, 5.41) is 0. The molecular weight excluding hydrogens is 253 g/mol. The van der Waals surface area contributed by atoms with Gasteiger partial charge >= 0.3 is 6.18 Å². The molecule has 19 heavy (non-hydrogen) atoms. The molecule has 0 heterocycles. The van der Waals surface area contributed by atoms with Gasteiger partial charge in [-0.15, -0.1) is 0 Å². The van der Waals surface area contributed by atoms with Gasteiger partial charge in [-0.2, -0.15) is 13.2 Å². The van der Waals surface area contributed by atoms with Crippen molar-refractivity contribution >= 4 is 11.4 Å². The van der Waals surface area contributed by atoms with Gasteiger partial charge in [0.15, 0.2) is 0 Å². The number of nitrogens with zero attached hydrogens (tertiary/aromatic N) is 1. The maximum atomic E-state index is 12.6. The van der Waals surface area contributed by atoms with Crippen molar-refractivity contribution in [1.29, 1.82) is 0 Å². The molecule has 0 radical (unpaired) electrons. The first kappa shape index (κ1) is 15.7. The maximum Gasteiger partial charge on any atom is 0.416 e. The molecule has 0 aliphatic rings. The van der Waals surface area contributed by atoms with Crippen LogP contribution in [0.4, 0.5) is 24.5 Å². The molecular formula is C14H21F3N2. The Morgan fingerprint density at radius 2 is 1.74 bits per heavy atom. The zero-order valence-corrected chi connectivity index (χ0v) is 11.8. The zero-order chi connectivity index (χ0) is 14.8. The molecule has 0 fully saturated rings. The van der Waals surface area contributed by atoms with E-state index >= 15 is 0 Å². The highest BCUT2D eigenvalue weighted by Crippen LogP contribution is 2.34. The maximum absolute atomic E-state index is 12.6. The van der Waals surface area contributed by atoms with E-state index in [2.05, 4.69) is 13.8 Å². The van der Waals surface area contributed by atoms with Crippen LogP contribution in [0.25, 0.3) is 0 Å². The predicted octanol–water partition coefficient (Wildman–Crippen LogP) is 4.16. The van der Waals surface area contributed by atoms with E-state index in [-0.39, 0.29) is 11.7 Å². The lowest BCUT2D eigenvalue weighted by Gasteiger charge is -2.32. The first-order valence-corrected chi connectivity index (χ1v) is 6.36. The van der Waals surface area contributed by atoms with E-state index in [1.165, 1.54) is 6.07 Å². The Labute approximate surface area is 112 Å². The molecule has 0 saturated heterocycles. The van der Waals surface area contributed by atoms with Crippen molar-refractivity contribution in [1.82, 2.24) is 0 Å². The van der Waals surface area contributed by atoms with E-state index in [0.717, 1.165) is 18.7 Å². The van der Waals surface area contributed by atoms with E-state index < -0.39 is 11.7 Å². The van der Waals surface area contributed by atoms with Gasteiger partial charge in [-0.05, 0) is 38.0 Å². The minimum Gasteiger partial charge on any atom is -0.397 e. The van der Waals surface area contributed by atoms with Gasteiger partial charge < -0.3 is 10.6 Å². The third-order valence-corrected chi connectivity index (χ3v) is 2.85. The summed E-state index contributed by atoms with van der Waals surface area (Å²) >= 11 is 0. The fourth-order valence-corrected chi connectivity index (χ4v) is 1.97. The SMILES string of the molecule is CC(C)CN(c1ccc(C(F)(F)F)cc1N)C(C)C. The monoisotopic (exact) mass is 274 g/mol. The summed E-state index contributed by atoms with van der Waals surface area (Å²) < 4.78 is 37.8. The smallest absolute Gasteiger partial charge is 0.397 e. The first-order chi connectivity index (χ1) is 8.62. The lowest BCUT2D eigenvalue weighted by atomic mass is 10.1. The Morgan fingerprint density at radius 1 is 1.16 bits per heavy atom. The van der Waals surface area contributed by atoms with Crippen molar-refractivity contribution in [2.75, 3.05) is 17.2 Å². The molecule has 0 aromatic heterocycles. The Hall–Kier alpha value is -1.39. The predicted molar refractivity (Wildman–Crippen MR) is 73.2 cm³/mol. The van der Waals surface area contributed by atoms with Crippen LogP contribution in [0.1, 0.15) is 33.3 Å².